The third-order valence-electron chi connectivity index (χ3n) is 11.8. The SMILES string of the molecule is Cc1cccc(C(=O)NC2CC(n3cnc4c(NC5CCN(CCCCCCNC(=O)COc6ccc7c(c6)C(=O)N([C@H]6CCC(=O)NC6=O)C7=O)CC5)ncnc43)C2)n1. The van der Waals surface area contributed by atoms with Crippen LogP contribution in [-0.4, -0.2) is 121 Å². The lowest BCUT2D eigenvalue weighted by molar-refractivity contribution is -0.136. The number of imidazole rings is 1. The number of amides is 6. The van der Waals surface area contributed by atoms with Crippen LogP contribution in [0.1, 0.15) is 107 Å². The lowest BCUT2D eigenvalue weighted by Crippen LogP contribution is -2.54. The van der Waals surface area contributed by atoms with Crippen LogP contribution in [-0.2, 0) is 14.4 Å². The predicted octanol–water partition coefficient (Wildman–Crippen LogP) is 2.70. The fourth-order valence-corrected chi connectivity index (χ4v) is 8.36. The lowest BCUT2D eigenvalue weighted by Gasteiger charge is -2.36. The molecule has 6 amide bonds. The normalized spacial score (nSPS) is 20.8. The van der Waals surface area contributed by atoms with Crippen molar-refractivity contribution in [1.82, 2.24) is 50.3 Å². The Labute approximate surface area is 346 Å². The summed E-state index contributed by atoms with van der Waals surface area (Å²) in [4.78, 5) is 96.3. The van der Waals surface area contributed by atoms with Crippen molar-refractivity contribution in [1.29, 1.82) is 0 Å². The number of aryl methyl sites for hydroxylation is 1. The van der Waals surface area contributed by atoms with E-state index in [0.29, 0.717) is 18.3 Å². The van der Waals surface area contributed by atoms with E-state index in [1.54, 1.807) is 12.4 Å². The zero-order valence-electron chi connectivity index (χ0n) is 33.5. The highest BCUT2D eigenvalue weighted by molar-refractivity contribution is 6.23. The lowest BCUT2D eigenvalue weighted by atomic mass is 9.86. The summed E-state index contributed by atoms with van der Waals surface area (Å²) in [7, 11) is 0. The average molecular weight is 820 g/mol. The second-order valence-electron chi connectivity index (χ2n) is 16.0. The maximum atomic E-state index is 13.0. The molecule has 1 aliphatic carbocycles. The Morgan fingerprint density at radius 1 is 0.900 bits per heavy atom. The van der Waals surface area contributed by atoms with Gasteiger partial charge in [0.1, 0.15) is 29.3 Å². The predicted molar refractivity (Wildman–Crippen MR) is 217 cm³/mol. The van der Waals surface area contributed by atoms with Crippen LogP contribution in [0, 0.1) is 6.92 Å². The van der Waals surface area contributed by atoms with Crippen LogP contribution in [0.15, 0.2) is 49.1 Å². The molecule has 8 rings (SSSR count). The number of aromatic nitrogens is 5. The van der Waals surface area contributed by atoms with Gasteiger partial charge in [-0.05, 0) is 88.7 Å². The summed E-state index contributed by atoms with van der Waals surface area (Å²) in [5.41, 5.74) is 3.05. The van der Waals surface area contributed by atoms with Crippen molar-refractivity contribution in [3.05, 3.63) is 71.6 Å². The third kappa shape index (κ3) is 8.97. The summed E-state index contributed by atoms with van der Waals surface area (Å²) >= 11 is 0. The third-order valence-corrected chi connectivity index (χ3v) is 11.8. The average Bonchev–Trinajstić information content (AvgIpc) is 3.76. The molecule has 4 aromatic rings. The van der Waals surface area contributed by atoms with E-state index in [9.17, 15) is 28.8 Å². The van der Waals surface area contributed by atoms with Crippen molar-refractivity contribution in [2.24, 2.45) is 0 Å². The molecule has 18 nitrogen and oxygen atoms in total. The van der Waals surface area contributed by atoms with Gasteiger partial charge in [0.2, 0.25) is 11.8 Å². The number of imide groups is 2. The molecule has 6 heterocycles. The largest absolute Gasteiger partial charge is 0.484 e. The number of fused-ring (bicyclic) bond motifs is 2. The minimum atomic E-state index is -1.05. The van der Waals surface area contributed by atoms with Gasteiger partial charge in [0, 0.05) is 49.9 Å². The van der Waals surface area contributed by atoms with Crippen LogP contribution >= 0.6 is 0 Å². The first kappa shape index (κ1) is 40.5. The molecule has 1 atom stereocenters. The zero-order valence-corrected chi connectivity index (χ0v) is 33.5. The minimum Gasteiger partial charge on any atom is -0.484 e. The first-order chi connectivity index (χ1) is 29.1. The number of pyridine rings is 1. The molecule has 3 aromatic heterocycles. The van der Waals surface area contributed by atoms with Crippen molar-refractivity contribution >= 4 is 52.4 Å². The van der Waals surface area contributed by atoms with Gasteiger partial charge in [-0.3, -0.25) is 39.0 Å². The van der Waals surface area contributed by atoms with Gasteiger partial charge in [-0.1, -0.05) is 18.9 Å². The molecule has 0 radical (unpaired) electrons. The van der Waals surface area contributed by atoms with Crippen molar-refractivity contribution in [3.8, 4) is 5.75 Å². The number of anilines is 1. The van der Waals surface area contributed by atoms with Crippen LogP contribution < -0.4 is 26.0 Å². The Kier molecular flexibility index (Phi) is 12.1. The molecule has 4 N–H and O–H groups in total. The van der Waals surface area contributed by atoms with Crippen molar-refractivity contribution < 1.29 is 33.5 Å². The number of carbonyl (C=O) groups excluding carboxylic acids is 6. The maximum absolute atomic E-state index is 13.0. The van der Waals surface area contributed by atoms with Crippen molar-refractivity contribution in [2.75, 3.05) is 38.1 Å². The number of likely N-dealkylation sites (tertiary alicyclic amines) is 1. The molecule has 0 unspecified atom stereocenters. The molecule has 18 heteroatoms. The van der Waals surface area contributed by atoms with Crippen LogP contribution in [0.4, 0.5) is 5.82 Å². The molecule has 0 spiro atoms. The van der Waals surface area contributed by atoms with Gasteiger partial charge in [-0.2, -0.15) is 0 Å². The molecular formula is C42H49N11O7. The summed E-state index contributed by atoms with van der Waals surface area (Å²) in [6.45, 7) is 5.17. The number of hydrogen-bond donors (Lipinski definition) is 4. The Hall–Kier alpha value is -6.30. The van der Waals surface area contributed by atoms with Gasteiger partial charge >= 0.3 is 0 Å². The van der Waals surface area contributed by atoms with Crippen LogP contribution in [0.3, 0.4) is 0 Å². The number of hydrogen-bond acceptors (Lipinski definition) is 13. The fraction of sp³-hybridized carbons (Fsp3) is 0.476. The molecule has 3 aliphatic heterocycles. The second-order valence-corrected chi connectivity index (χ2v) is 16.0. The van der Waals surface area contributed by atoms with E-state index in [1.165, 1.54) is 18.2 Å². The first-order valence-corrected chi connectivity index (χ1v) is 20.8. The smallest absolute Gasteiger partial charge is 0.270 e. The Morgan fingerprint density at radius 3 is 2.50 bits per heavy atom. The van der Waals surface area contributed by atoms with E-state index < -0.39 is 29.7 Å². The maximum Gasteiger partial charge on any atom is 0.270 e. The van der Waals surface area contributed by atoms with Gasteiger partial charge in [0.15, 0.2) is 18.1 Å². The highest BCUT2D eigenvalue weighted by Gasteiger charge is 2.45. The summed E-state index contributed by atoms with van der Waals surface area (Å²) in [5.74, 6) is -1.77. The molecule has 2 saturated heterocycles. The molecule has 1 aromatic carbocycles. The molecule has 3 fully saturated rings. The monoisotopic (exact) mass is 819 g/mol. The standard InChI is InChI=1S/C42H49N11O7/c1-25-7-6-8-32(47-25)39(56)49-27-19-28(20-27)52-24-46-36-37(44-23-45-38(36)52)48-26-13-17-51(18-14-26)16-5-3-2-4-15-43-35(55)22-60-29-9-10-30-31(21-29)42(59)53(41(30)58)33-11-12-34(54)50-40(33)57/h6-10,21,23-24,26-28,33H,2-5,11-20,22H2,1H3,(H,43,55)(H,49,56)(H,44,45,48)(H,50,54,57)/t27?,28?,33-/m0/s1. The Bertz CT molecular complexity index is 2300. The molecule has 314 valence electrons. The number of carbonyl (C=O) groups is 6. The van der Waals surface area contributed by atoms with Crippen LogP contribution in [0.5, 0.6) is 5.75 Å². The summed E-state index contributed by atoms with van der Waals surface area (Å²) in [6.07, 6.45) is 11.1. The summed E-state index contributed by atoms with van der Waals surface area (Å²) < 4.78 is 7.70. The van der Waals surface area contributed by atoms with E-state index in [1.807, 2.05) is 25.4 Å². The zero-order chi connectivity index (χ0) is 41.8. The van der Waals surface area contributed by atoms with E-state index >= 15 is 0 Å². The first-order valence-electron chi connectivity index (χ1n) is 20.8. The molecule has 60 heavy (non-hydrogen) atoms. The molecular weight excluding hydrogens is 771 g/mol. The summed E-state index contributed by atoms with van der Waals surface area (Å²) in [6, 6.07) is 9.33. The number of piperidine rings is 2. The summed E-state index contributed by atoms with van der Waals surface area (Å²) in [5, 5.41) is 11.8. The highest BCUT2D eigenvalue weighted by Crippen LogP contribution is 2.35. The topological polar surface area (TPSA) is 223 Å². The van der Waals surface area contributed by atoms with Crippen molar-refractivity contribution in [3.63, 3.8) is 0 Å². The number of benzene rings is 1. The number of rotatable bonds is 16. The fourth-order valence-electron chi connectivity index (χ4n) is 8.36. The van der Waals surface area contributed by atoms with Gasteiger partial charge in [-0.15, -0.1) is 0 Å². The molecule has 4 aliphatic rings. The van der Waals surface area contributed by atoms with Gasteiger partial charge in [0.25, 0.3) is 23.6 Å². The quantitative estimate of drug-likeness (QED) is 0.0945. The Balaban J connectivity index is 0.687. The van der Waals surface area contributed by atoms with Gasteiger partial charge < -0.3 is 30.2 Å². The second kappa shape index (κ2) is 17.9. The van der Waals surface area contributed by atoms with Crippen LogP contribution in [0.2, 0.25) is 0 Å². The van der Waals surface area contributed by atoms with E-state index in [2.05, 4.69) is 50.7 Å². The highest BCUT2D eigenvalue weighted by atomic mass is 16.5. The van der Waals surface area contributed by atoms with Crippen molar-refractivity contribution in [2.45, 2.75) is 95.3 Å². The Morgan fingerprint density at radius 2 is 1.70 bits per heavy atom. The number of ether oxygens (including phenoxy) is 1. The molecule has 0 bridgehead atoms. The number of nitrogens with one attached hydrogen (secondary N) is 4. The van der Waals surface area contributed by atoms with E-state index in [-0.39, 0.29) is 60.2 Å². The molecule has 1 saturated carbocycles. The van der Waals surface area contributed by atoms with Gasteiger partial charge in [0.05, 0.1) is 17.5 Å². The van der Waals surface area contributed by atoms with E-state index in [0.717, 1.165) is 98.6 Å². The van der Waals surface area contributed by atoms with Crippen LogP contribution in [0.25, 0.3) is 11.2 Å². The van der Waals surface area contributed by atoms with E-state index in [4.69, 9.17) is 4.74 Å². The minimum absolute atomic E-state index is 0.0412. The number of unbranched alkanes of at least 4 members (excludes halogenated alkanes) is 3. The van der Waals surface area contributed by atoms with Gasteiger partial charge in [-0.25, -0.2) is 19.9 Å². The number of nitrogens with zero attached hydrogens (tertiary/aromatic N) is 7.